The molecule has 0 radical (unpaired) electrons. The molecule has 1 saturated heterocycles. The minimum Gasteiger partial charge on any atom is -0.439 e. The number of methoxy groups -OCH3 is 2. The number of anilines is 1. The predicted molar refractivity (Wildman–Crippen MR) is 253 cm³/mol. The first-order valence-electron chi connectivity index (χ1n) is 23.1. The summed E-state index contributed by atoms with van der Waals surface area (Å²) in [4.78, 5) is 98.9. The van der Waals surface area contributed by atoms with Gasteiger partial charge in [-0.3, -0.25) is 28.9 Å². The molecular weight excluding hydrogens is 879 g/mol. The number of benzene rings is 1. The van der Waals surface area contributed by atoms with Crippen molar-refractivity contribution in [1.29, 1.82) is 0 Å². The van der Waals surface area contributed by atoms with Crippen LogP contribution in [0, 0.1) is 11.8 Å². The van der Waals surface area contributed by atoms with E-state index >= 15 is 0 Å². The molecule has 0 unspecified atom stereocenters. The second-order valence-electron chi connectivity index (χ2n) is 17.4. The molecule has 2 heterocycles. The molecule has 3 aliphatic rings. The molecule has 1 fully saturated rings. The van der Waals surface area contributed by atoms with Crippen LogP contribution in [0.5, 0.6) is 0 Å². The average molecular weight is 948 g/mol. The maximum Gasteiger partial charge on any atom is 0.434 e. The van der Waals surface area contributed by atoms with E-state index in [1.807, 2.05) is 37.3 Å². The Morgan fingerprint density at radius 2 is 1.59 bits per heavy atom. The number of nitrogens with zero attached hydrogens (tertiary/aromatic N) is 2. The Kier molecular flexibility index (Phi) is 22.1. The van der Waals surface area contributed by atoms with Crippen LogP contribution in [0.15, 0.2) is 88.8 Å². The number of hydrogen-bond acceptors (Lipinski definition) is 14. The number of unbranched alkanes of at least 4 members (excludes halogenated alkanes) is 3. The summed E-state index contributed by atoms with van der Waals surface area (Å²) in [7, 11) is 2.90. The van der Waals surface area contributed by atoms with E-state index in [9.17, 15) is 38.7 Å². The molecule has 7 N–H and O–H groups in total. The Bertz CT molecular complexity index is 2090. The highest BCUT2D eigenvalue weighted by molar-refractivity contribution is 6.23. The Morgan fingerprint density at radius 1 is 0.912 bits per heavy atom. The highest BCUT2D eigenvalue weighted by atomic mass is 16.7. The molecule has 2 bridgehead atoms. The largest absolute Gasteiger partial charge is 0.439 e. The van der Waals surface area contributed by atoms with Gasteiger partial charge in [0, 0.05) is 95.2 Å². The van der Waals surface area contributed by atoms with Crippen LogP contribution >= 0.6 is 0 Å². The van der Waals surface area contributed by atoms with E-state index in [0.717, 1.165) is 24.6 Å². The maximum atomic E-state index is 14.1. The summed E-state index contributed by atoms with van der Waals surface area (Å²) in [6.45, 7) is 9.31. The molecule has 1 aliphatic carbocycles. The Morgan fingerprint density at radius 3 is 2.24 bits per heavy atom. The lowest BCUT2D eigenvalue weighted by atomic mass is 9.85. The number of fused-ring (bicyclic) bond motifs is 2. The van der Waals surface area contributed by atoms with Crippen LogP contribution in [0.4, 0.5) is 15.3 Å². The van der Waals surface area contributed by atoms with E-state index in [0.29, 0.717) is 64.0 Å². The normalized spacial score (nSPS) is 25.4. The van der Waals surface area contributed by atoms with Crippen molar-refractivity contribution in [2.24, 2.45) is 17.6 Å². The van der Waals surface area contributed by atoms with Crippen molar-refractivity contribution in [1.82, 2.24) is 25.9 Å². The number of primary amides is 1. The maximum absolute atomic E-state index is 14.1. The molecule has 5 amide bonds. The second-order valence-corrected chi connectivity index (χ2v) is 17.4. The molecule has 68 heavy (non-hydrogen) atoms. The van der Waals surface area contributed by atoms with E-state index in [1.54, 1.807) is 26.0 Å². The van der Waals surface area contributed by atoms with E-state index in [1.165, 1.54) is 38.2 Å². The van der Waals surface area contributed by atoms with Crippen molar-refractivity contribution >= 4 is 47.2 Å². The zero-order chi connectivity index (χ0) is 49.8. The molecule has 2 aliphatic heterocycles. The standard InChI is InChI=1S/C49H69N7O12/c1-31-27-36-43(51-21-22-55-23-25-56(26-24-55)49(64)68-54-42(59)20-13-8-7-12-19-41(58)52-35-16-10-9-11-17-35)38(57)30-37(45(36)61)53-47(62)32(2)15-14-18-39(65-5)46(67-48(50)63)34(4)29-33(3)44(60)40(28-31)66-6/h9-11,14-18,29-31,33,39-40,44,46,51,60H,7-8,12-13,19-28H2,1-6H3,(H2,50,63)(H,52,58)(H,53,62)(H,54,59)/b18-14+,32-15+,34-29+/t31-,33-,39-,40-,44-,46-/m1/s1. The van der Waals surface area contributed by atoms with Gasteiger partial charge in [0.15, 0.2) is 6.10 Å². The first kappa shape index (κ1) is 54.5. The highest BCUT2D eigenvalue weighted by Crippen LogP contribution is 2.29. The van der Waals surface area contributed by atoms with Crippen molar-refractivity contribution in [2.75, 3.05) is 58.8 Å². The van der Waals surface area contributed by atoms with Gasteiger partial charge >= 0.3 is 12.2 Å². The number of nitrogens with two attached hydrogens (primary N) is 1. The monoisotopic (exact) mass is 948 g/mol. The summed E-state index contributed by atoms with van der Waals surface area (Å²) in [5.74, 6) is -2.90. The SMILES string of the molecule is CO[C@@H]1/C=C/C=C(\C)C(=O)NC2=CC(=O)C(NCCN3CCN(C(=O)ONC(=O)CCCCCCC(=O)Nc4ccccc4)CC3)=C(C[C@@H](C)C[C@@H](OC)[C@H](O)[C@H](C)/C=C(\C)[C@H]1OC(N)=O)C2=O. The minimum atomic E-state index is -1.03. The third-order valence-electron chi connectivity index (χ3n) is 12.0. The lowest BCUT2D eigenvalue weighted by Crippen LogP contribution is -2.51. The smallest absolute Gasteiger partial charge is 0.434 e. The van der Waals surface area contributed by atoms with Crippen LogP contribution in [0.25, 0.3) is 0 Å². The zero-order valence-corrected chi connectivity index (χ0v) is 40.0. The van der Waals surface area contributed by atoms with Gasteiger partial charge in [-0.2, -0.15) is 5.48 Å². The number of aliphatic hydroxyl groups is 1. The van der Waals surface area contributed by atoms with E-state index in [-0.39, 0.29) is 53.8 Å². The van der Waals surface area contributed by atoms with Crippen molar-refractivity contribution in [3.63, 3.8) is 0 Å². The van der Waals surface area contributed by atoms with Gasteiger partial charge in [0.2, 0.25) is 17.5 Å². The van der Waals surface area contributed by atoms with Gasteiger partial charge in [0.05, 0.1) is 23.6 Å². The van der Waals surface area contributed by atoms with Crippen molar-refractivity contribution in [3.8, 4) is 0 Å². The number of carbonyl (C=O) groups is 7. The third kappa shape index (κ3) is 17.2. The topological polar surface area (TPSA) is 257 Å². The molecule has 19 nitrogen and oxygen atoms in total. The van der Waals surface area contributed by atoms with Gasteiger partial charge in [0.25, 0.3) is 11.8 Å². The summed E-state index contributed by atoms with van der Waals surface area (Å²) < 4.78 is 16.8. The molecule has 0 aromatic heterocycles. The highest BCUT2D eigenvalue weighted by Gasteiger charge is 2.34. The van der Waals surface area contributed by atoms with E-state index in [4.69, 9.17) is 24.8 Å². The van der Waals surface area contributed by atoms with Gasteiger partial charge in [-0.25, -0.2) is 9.59 Å². The first-order valence-corrected chi connectivity index (χ1v) is 23.1. The van der Waals surface area contributed by atoms with Gasteiger partial charge < -0.3 is 50.7 Å². The lowest BCUT2D eigenvalue weighted by molar-refractivity contribution is -0.130. The Balaban J connectivity index is 1.32. The molecule has 0 spiro atoms. The number of Topliss-reactive ketones (excluding diaryl/α,β-unsaturated/α-hetero) is 1. The number of para-hydroxylation sites is 1. The van der Waals surface area contributed by atoms with E-state index in [2.05, 4.69) is 26.3 Å². The van der Waals surface area contributed by atoms with Crippen molar-refractivity contribution in [3.05, 3.63) is 88.8 Å². The zero-order valence-electron chi connectivity index (χ0n) is 40.0. The van der Waals surface area contributed by atoms with Crippen molar-refractivity contribution in [2.45, 2.75) is 103 Å². The molecule has 1 aromatic rings. The molecule has 0 saturated carbocycles. The van der Waals surface area contributed by atoms with Crippen LogP contribution in [-0.2, 0) is 43.0 Å². The molecule has 1 aromatic carbocycles. The average Bonchev–Trinajstić information content (AvgIpc) is 3.31. The summed E-state index contributed by atoms with van der Waals surface area (Å²) in [6, 6.07) is 9.24. The Hall–Kier alpha value is -6.15. The number of hydrogen-bond donors (Lipinski definition) is 6. The number of hydroxylamine groups is 1. The van der Waals surface area contributed by atoms with Gasteiger partial charge in [-0.1, -0.05) is 69.2 Å². The Labute approximate surface area is 398 Å². The van der Waals surface area contributed by atoms with Gasteiger partial charge in [-0.05, 0) is 63.2 Å². The van der Waals surface area contributed by atoms with Crippen LogP contribution in [0.2, 0.25) is 0 Å². The second kappa shape index (κ2) is 27.6. The van der Waals surface area contributed by atoms with Crippen LogP contribution in [0.3, 0.4) is 0 Å². The number of carbonyl (C=O) groups excluding carboxylic acids is 7. The number of amides is 5. The number of aliphatic hydroxyl groups excluding tert-OH is 1. The number of rotatable bonds is 15. The van der Waals surface area contributed by atoms with Crippen LogP contribution in [0.1, 0.15) is 79.1 Å². The molecule has 4 rings (SSSR count). The van der Waals surface area contributed by atoms with Crippen molar-refractivity contribution < 1.29 is 57.7 Å². The van der Waals surface area contributed by atoms with Gasteiger partial charge in [0.1, 0.15) is 6.10 Å². The molecular formula is C49H69N7O12. The summed E-state index contributed by atoms with van der Waals surface area (Å²) in [6.07, 6.45) is 6.04. The number of nitrogens with one attached hydrogen (secondary N) is 4. The molecule has 19 heteroatoms. The van der Waals surface area contributed by atoms with Crippen LogP contribution in [-0.4, -0.2) is 134 Å². The number of piperazine rings is 1. The third-order valence-corrected chi connectivity index (χ3v) is 12.0. The van der Waals surface area contributed by atoms with E-state index < -0.39 is 65.9 Å². The fourth-order valence-corrected chi connectivity index (χ4v) is 8.16. The van der Waals surface area contributed by atoms with Gasteiger partial charge in [-0.15, -0.1) is 0 Å². The number of ketones is 2. The quantitative estimate of drug-likeness (QED) is 0.0626. The number of ether oxygens (including phenoxy) is 3. The number of allylic oxidation sites excluding steroid dienone is 4. The molecule has 372 valence electrons. The fourth-order valence-electron chi connectivity index (χ4n) is 8.16. The fraction of sp³-hybridized carbons (Fsp3) is 0.531. The lowest BCUT2D eigenvalue weighted by Gasteiger charge is -2.34. The minimum absolute atomic E-state index is 0.0560. The van der Waals surface area contributed by atoms with Crippen LogP contribution < -0.4 is 27.2 Å². The first-order chi connectivity index (χ1) is 32.5. The predicted octanol–water partition coefficient (Wildman–Crippen LogP) is 4.12. The summed E-state index contributed by atoms with van der Waals surface area (Å²) in [5, 5.41) is 20.1. The molecule has 6 atom stereocenters. The summed E-state index contributed by atoms with van der Waals surface area (Å²) in [5.41, 5.74) is 9.26. The summed E-state index contributed by atoms with van der Waals surface area (Å²) >= 11 is 0.